The Morgan fingerprint density at radius 2 is 1.75 bits per heavy atom. The number of rotatable bonds is 4. The minimum absolute atomic E-state index is 0.173. The van der Waals surface area contributed by atoms with Crippen molar-refractivity contribution in [3.63, 3.8) is 0 Å². The van der Waals surface area contributed by atoms with Crippen molar-refractivity contribution in [2.75, 3.05) is 5.73 Å². The average Bonchev–Trinajstić information content (AvgIpc) is 2.41. The highest BCUT2D eigenvalue weighted by Crippen LogP contribution is 2.17. The van der Waals surface area contributed by atoms with Gasteiger partial charge in [-0.1, -0.05) is 18.2 Å². The van der Waals surface area contributed by atoms with Gasteiger partial charge in [0.05, 0.1) is 10.6 Å². The molecule has 0 saturated heterocycles. The fourth-order valence-electron chi connectivity index (χ4n) is 1.59. The number of hydrogen-bond donors (Lipinski definition) is 2. The molecule has 0 aromatic heterocycles. The van der Waals surface area contributed by atoms with Gasteiger partial charge in [-0.15, -0.1) is 0 Å². The first kappa shape index (κ1) is 14.4. The van der Waals surface area contributed by atoms with Crippen LogP contribution < -0.4 is 10.5 Å². The number of nitrogens with two attached hydrogens (primary N) is 1. The van der Waals surface area contributed by atoms with Crippen molar-refractivity contribution in [2.24, 2.45) is 0 Å². The van der Waals surface area contributed by atoms with Crippen LogP contribution >= 0.6 is 0 Å². The van der Waals surface area contributed by atoms with Crippen LogP contribution in [0, 0.1) is 11.6 Å². The molecule has 20 heavy (non-hydrogen) atoms. The number of halogens is 2. The Bertz CT molecular complexity index is 733. The Balaban J connectivity index is 2.19. The molecule has 2 aromatic rings. The lowest BCUT2D eigenvalue weighted by molar-refractivity contribution is 0.574. The van der Waals surface area contributed by atoms with Crippen molar-refractivity contribution in [3.8, 4) is 0 Å². The van der Waals surface area contributed by atoms with E-state index in [0.29, 0.717) is 0 Å². The molecule has 0 amide bonds. The lowest BCUT2D eigenvalue weighted by atomic mass is 10.2. The average molecular weight is 298 g/mol. The van der Waals surface area contributed by atoms with Gasteiger partial charge < -0.3 is 5.73 Å². The van der Waals surface area contributed by atoms with Crippen molar-refractivity contribution in [2.45, 2.75) is 11.4 Å². The first-order valence-electron chi connectivity index (χ1n) is 5.68. The minimum atomic E-state index is -3.88. The summed E-state index contributed by atoms with van der Waals surface area (Å²) in [6.07, 6.45) is 0. The Morgan fingerprint density at radius 1 is 1.05 bits per heavy atom. The zero-order chi connectivity index (χ0) is 14.8. The van der Waals surface area contributed by atoms with Crippen LogP contribution in [0.2, 0.25) is 0 Å². The topological polar surface area (TPSA) is 72.2 Å². The summed E-state index contributed by atoms with van der Waals surface area (Å²) < 4.78 is 52.6. The van der Waals surface area contributed by atoms with Crippen LogP contribution in [0.4, 0.5) is 14.5 Å². The van der Waals surface area contributed by atoms with Crippen molar-refractivity contribution in [3.05, 3.63) is 59.7 Å². The monoisotopic (exact) mass is 298 g/mol. The van der Waals surface area contributed by atoms with Gasteiger partial charge in [0.2, 0.25) is 10.0 Å². The second kappa shape index (κ2) is 5.56. The summed E-state index contributed by atoms with van der Waals surface area (Å²) in [5.41, 5.74) is 5.27. The van der Waals surface area contributed by atoms with Gasteiger partial charge in [0, 0.05) is 12.1 Å². The lowest BCUT2D eigenvalue weighted by Crippen LogP contribution is -2.23. The molecule has 0 aliphatic rings. The molecule has 0 heterocycles. The smallest absolute Gasteiger partial charge is 0.240 e. The van der Waals surface area contributed by atoms with Crippen molar-refractivity contribution in [1.82, 2.24) is 4.72 Å². The summed E-state index contributed by atoms with van der Waals surface area (Å²) in [6, 6.07) is 8.88. The molecule has 0 spiro atoms. The standard InChI is InChI=1S/C13H12F2N2O2S/c14-11-4-2-1-3-9(11)8-17-20(18,19)10-5-6-12(15)13(16)7-10/h1-7,17H,8,16H2. The highest BCUT2D eigenvalue weighted by molar-refractivity contribution is 7.89. The molecule has 2 rings (SSSR count). The van der Waals surface area contributed by atoms with Crippen molar-refractivity contribution in [1.29, 1.82) is 0 Å². The zero-order valence-electron chi connectivity index (χ0n) is 10.3. The summed E-state index contributed by atoms with van der Waals surface area (Å²) >= 11 is 0. The number of nitrogens with one attached hydrogen (secondary N) is 1. The van der Waals surface area contributed by atoms with E-state index < -0.39 is 21.7 Å². The predicted octanol–water partition coefficient (Wildman–Crippen LogP) is 2.03. The molecule has 0 saturated carbocycles. The van der Waals surface area contributed by atoms with E-state index in [-0.39, 0.29) is 22.7 Å². The highest BCUT2D eigenvalue weighted by atomic mass is 32.2. The van der Waals surface area contributed by atoms with Crippen LogP contribution in [0.15, 0.2) is 47.4 Å². The van der Waals surface area contributed by atoms with Gasteiger partial charge in [-0.3, -0.25) is 0 Å². The lowest BCUT2D eigenvalue weighted by Gasteiger charge is -2.08. The Labute approximate surface area is 115 Å². The molecule has 3 N–H and O–H groups in total. The molecule has 106 valence electrons. The van der Waals surface area contributed by atoms with E-state index in [1.165, 1.54) is 18.2 Å². The molecular weight excluding hydrogens is 286 g/mol. The molecule has 2 aromatic carbocycles. The molecule has 4 nitrogen and oxygen atoms in total. The number of hydrogen-bond acceptors (Lipinski definition) is 3. The maximum atomic E-state index is 13.4. The molecule has 0 aliphatic carbocycles. The molecule has 0 fully saturated rings. The van der Waals surface area contributed by atoms with Crippen LogP contribution in [-0.2, 0) is 16.6 Å². The SMILES string of the molecule is Nc1cc(S(=O)(=O)NCc2ccccc2F)ccc1F. The van der Waals surface area contributed by atoms with Crippen LogP contribution in [-0.4, -0.2) is 8.42 Å². The van der Waals surface area contributed by atoms with Crippen LogP contribution in [0.3, 0.4) is 0 Å². The fourth-order valence-corrected chi connectivity index (χ4v) is 2.63. The maximum Gasteiger partial charge on any atom is 0.240 e. The summed E-state index contributed by atoms with van der Waals surface area (Å²) in [6.45, 7) is -0.202. The van der Waals surface area contributed by atoms with Gasteiger partial charge in [-0.05, 0) is 24.3 Å². The molecule has 0 bridgehead atoms. The van der Waals surface area contributed by atoms with Crippen molar-refractivity contribution < 1.29 is 17.2 Å². The third-order valence-electron chi connectivity index (χ3n) is 2.69. The summed E-state index contributed by atoms with van der Waals surface area (Å²) in [4.78, 5) is -0.173. The van der Waals surface area contributed by atoms with Gasteiger partial charge in [-0.25, -0.2) is 21.9 Å². The number of nitrogen functional groups attached to an aromatic ring is 1. The van der Waals surface area contributed by atoms with Gasteiger partial charge in [0.15, 0.2) is 0 Å². The van der Waals surface area contributed by atoms with Crippen LogP contribution in [0.25, 0.3) is 0 Å². The number of anilines is 1. The molecular formula is C13H12F2N2O2S. The maximum absolute atomic E-state index is 13.4. The first-order chi connectivity index (χ1) is 9.40. The summed E-state index contributed by atoms with van der Waals surface area (Å²) in [5, 5.41) is 0. The van der Waals surface area contributed by atoms with E-state index in [1.54, 1.807) is 6.07 Å². The van der Waals surface area contributed by atoms with E-state index in [9.17, 15) is 17.2 Å². The molecule has 0 radical (unpaired) electrons. The molecule has 7 heteroatoms. The minimum Gasteiger partial charge on any atom is -0.396 e. The Morgan fingerprint density at radius 3 is 2.40 bits per heavy atom. The molecule has 0 atom stereocenters. The fraction of sp³-hybridized carbons (Fsp3) is 0.0769. The summed E-state index contributed by atoms with van der Waals surface area (Å²) in [7, 11) is -3.88. The Hall–Kier alpha value is -1.99. The van der Waals surface area contributed by atoms with E-state index >= 15 is 0 Å². The molecule has 0 unspecified atom stereocenters. The third-order valence-corrected chi connectivity index (χ3v) is 4.09. The zero-order valence-corrected chi connectivity index (χ0v) is 11.1. The number of benzene rings is 2. The summed E-state index contributed by atoms with van der Waals surface area (Å²) in [5.74, 6) is -1.20. The second-order valence-electron chi connectivity index (χ2n) is 4.10. The van der Waals surface area contributed by atoms with Crippen LogP contribution in [0.5, 0.6) is 0 Å². The largest absolute Gasteiger partial charge is 0.396 e. The number of sulfonamides is 1. The van der Waals surface area contributed by atoms with E-state index in [2.05, 4.69) is 4.72 Å². The highest BCUT2D eigenvalue weighted by Gasteiger charge is 2.16. The van der Waals surface area contributed by atoms with E-state index in [0.717, 1.165) is 18.2 Å². The van der Waals surface area contributed by atoms with Gasteiger partial charge in [0.1, 0.15) is 11.6 Å². The van der Waals surface area contributed by atoms with Crippen molar-refractivity contribution >= 4 is 15.7 Å². The first-order valence-corrected chi connectivity index (χ1v) is 7.16. The molecule has 0 aliphatic heterocycles. The van der Waals surface area contributed by atoms with Gasteiger partial charge in [0.25, 0.3) is 0 Å². The van der Waals surface area contributed by atoms with E-state index in [4.69, 9.17) is 5.73 Å². The predicted molar refractivity (Wildman–Crippen MR) is 71.2 cm³/mol. The van der Waals surface area contributed by atoms with Gasteiger partial charge in [-0.2, -0.15) is 0 Å². The third kappa shape index (κ3) is 3.12. The second-order valence-corrected chi connectivity index (χ2v) is 5.87. The quantitative estimate of drug-likeness (QED) is 0.848. The normalized spacial score (nSPS) is 11.5. The van der Waals surface area contributed by atoms with Crippen LogP contribution in [0.1, 0.15) is 5.56 Å². The Kier molecular flexibility index (Phi) is 4.01. The van der Waals surface area contributed by atoms with Gasteiger partial charge >= 0.3 is 0 Å². The van der Waals surface area contributed by atoms with E-state index in [1.807, 2.05) is 0 Å².